The molecule has 1 amide bonds. The highest BCUT2D eigenvalue weighted by molar-refractivity contribution is 5.78. The van der Waals surface area contributed by atoms with Crippen LogP contribution in [0.2, 0.25) is 0 Å². The zero-order chi connectivity index (χ0) is 17.3. The summed E-state index contributed by atoms with van der Waals surface area (Å²) in [6.45, 7) is 3.74. The summed E-state index contributed by atoms with van der Waals surface area (Å²) in [5.74, 6) is 1.08. The number of hydrogen-bond acceptors (Lipinski definition) is 4. The molecule has 0 fully saturated rings. The van der Waals surface area contributed by atoms with Crippen molar-refractivity contribution in [3.05, 3.63) is 57.5 Å². The van der Waals surface area contributed by atoms with Gasteiger partial charge in [-0.1, -0.05) is 12.1 Å². The predicted molar refractivity (Wildman–Crippen MR) is 90.6 cm³/mol. The van der Waals surface area contributed by atoms with Gasteiger partial charge >= 0.3 is 0 Å². The number of para-hydroxylation sites is 2. The summed E-state index contributed by atoms with van der Waals surface area (Å²) in [6, 6.07) is 7.68. The molecule has 0 saturated heterocycles. The van der Waals surface area contributed by atoms with E-state index in [0.717, 1.165) is 11.0 Å². The highest BCUT2D eigenvalue weighted by Crippen LogP contribution is 2.10. The standard InChI is InChI=1S/C17H19N5O2/c1-10-14(19-11(2)22(3)17(10)24)8-16(23)18-9-15-20-12-6-4-5-7-13(12)21-15/h4-7H,8-9H2,1-3H3,(H,18,23)(H,20,21). The smallest absolute Gasteiger partial charge is 0.256 e. The van der Waals surface area contributed by atoms with Crippen LogP contribution in [0.25, 0.3) is 11.0 Å². The first-order valence-electron chi connectivity index (χ1n) is 7.69. The number of H-pyrrole nitrogens is 1. The maximum atomic E-state index is 12.2. The Morgan fingerprint density at radius 2 is 2.00 bits per heavy atom. The Labute approximate surface area is 138 Å². The third-order valence-electron chi connectivity index (χ3n) is 4.06. The topological polar surface area (TPSA) is 92.7 Å². The van der Waals surface area contributed by atoms with Crippen LogP contribution in [-0.2, 0) is 24.8 Å². The van der Waals surface area contributed by atoms with Gasteiger partial charge in [-0.2, -0.15) is 0 Å². The Bertz CT molecular complexity index is 938. The van der Waals surface area contributed by atoms with Crippen molar-refractivity contribution in [2.45, 2.75) is 26.8 Å². The molecule has 124 valence electrons. The van der Waals surface area contributed by atoms with E-state index >= 15 is 0 Å². The number of benzene rings is 1. The van der Waals surface area contributed by atoms with Gasteiger partial charge in [0.05, 0.1) is 29.7 Å². The molecule has 0 saturated carbocycles. The number of nitrogens with one attached hydrogen (secondary N) is 2. The van der Waals surface area contributed by atoms with E-state index in [1.54, 1.807) is 20.9 Å². The summed E-state index contributed by atoms with van der Waals surface area (Å²) in [7, 11) is 1.67. The minimum absolute atomic E-state index is 0.0724. The van der Waals surface area contributed by atoms with Crippen molar-refractivity contribution in [2.75, 3.05) is 0 Å². The van der Waals surface area contributed by atoms with Gasteiger partial charge in [-0.3, -0.25) is 14.2 Å². The number of nitrogens with zero attached hydrogens (tertiary/aromatic N) is 3. The summed E-state index contributed by atoms with van der Waals surface area (Å²) in [5, 5.41) is 2.81. The molecule has 24 heavy (non-hydrogen) atoms. The molecule has 0 aliphatic heterocycles. The molecule has 2 aromatic heterocycles. The maximum absolute atomic E-state index is 12.2. The number of aryl methyl sites for hydroxylation is 1. The molecule has 3 aromatic rings. The number of imidazole rings is 1. The van der Waals surface area contributed by atoms with Crippen LogP contribution in [0.5, 0.6) is 0 Å². The van der Waals surface area contributed by atoms with Crippen LogP contribution >= 0.6 is 0 Å². The Kier molecular flexibility index (Phi) is 4.16. The van der Waals surface area contributed by atoms with Gasteiger partial charge in [-0.05, 0) is 26.0 Å². The van der Waals surface area contributed by atoms with Gasteiger partial charge in [-0.25, -0.2) is 9.97 Å². The summed E-state index contributed by atoms with van der Waals surface area (Å²) in [4.78, 5) is 36.1. The molecule has 0 aliphatic carbocycles. The van der Waals surface area contributed by atoms with Crippen LogP contribution in [0.1, 0.15) is 22.9 Å². The molecule has 0 spiro atoms. The van der Waals surface area contributed by atoms with E-state index in [1.807, 2.05) is 24.3 Å². The fourth-order valence-corrected chi connectivity index (χ4v) is 2.53. The summed E-state index contributed by atoms with van der Waals surface area (Å²) in [6.07, 6.45) is 0.0724. The minimum Gasteiger partial charge on any atom is -0.349 e. The van der Waals surface area contributed by atoms with E-state index in [1.165, 1.54) is 4.57 Å². The van der Waals surface area contributed by atoms with Crippen molar-refractivity contribution in [1.29, 1.82) is 0 Å². The normalized spacial score (nSPS) is 11.0. The van der Waals surface area contributed by atoms with E-state index in [-0.39, 0.29) is 17.9 Å². The van der Waals surface area contributed by atoms with E-state index in [9.17, 15) is 9.59 Å². The van der Waals surface area contributed by atoms with E-state index in [0.29, 0.717) is 29.5 Å². The number of amides is 1. The highest BCUT2D eigenvalue weighted by atomic mass is 16.1. The quantitative estimate of drug-likeness (QED) is 0.752. The molecular weight excluding hydrogens is 306 g/mol. The van der Waals surface area contributed by atoms with Crippen LogP contribution in [0.3, 0.4) is 0 Å². The van der Waals surface area contributed by atoms with Crippen LogP contribution in [-0.4, -0.2) is 25.4 Å². The molecule has 0 aliphatic rings. The van der Waals surface area contributed by atoms with Crippen molar-refractivity contribution < 1.29 is 4.79 Å². The summed E-state index contributed by atoms with van der Waals surface area (Å²) < 4.78 is 1.48. The van der Waals surface area contributed by atoms with Gasteiger partial charge in [0.25, 0.3) is 5.56 Å². The number of carbonyl (C=O) groups is 1. The second kappa shape index (κ2) is 6.27. The van der Waals surface area contributed by atoms with Crippen LogP contribution in [0.4, 0.5) is 0 Å². The van der Waals surface area contributed by atoms with Crippen molar-refractivity contribution in [1.82, 2.24) is 24.8 Å². The molecule has 0 unspecified atom stereocenters. The molecule has 2 heterocycles. The first-order chi connectivity index (χ1) is 11.5. The van der Waals surface area contributed by atoms with Gasteiger partial charge in [0.2, 0.25) is 5.91 Å². The van der Waals surface area contributed by atoms with Crippen LogP contribution < -0.4 is 10.9 Å². The van der Waals surface area contributed by atoms with Crippen molar-refractivity contribution >= 4 is 16.9 Å². The minimum atomic E-state index is -0.196. The monoisotopic (exact) mass is 325 g/mol. The zero-order valence-electron chi connectivity index (χ0n) is 13.9. The lowest BCUT2D eigenvalue weighted by Gasteiger charge is -2.09. The Balaban J connectivity index is 1.69. The molecule has 0 radical (unpaired) electrons. The number of aromatic nitrogens is 4. The fraction of sp³-hybridized carbons (Fsp3) is 0.294. The predicted octanol–water partition coefficient (Wildman–Crippen LogP) is 1.13. The van der Waals surface area contributed by atoms with Gasteiger partial charge < -0.3 is 10.3 Å². The van der Waals surface area contributed by atoms with Crippen molar-refractivity contribution in [3.63, 3.8) is 0 Å². The molecule has 0 bridgehead atoms. The number of fused-ring (bicyclic) bond motifs is 1. The number of hydrogen-bond donors (Lipinski definition) is 2. The van der Waals surface area contributed by atoms with Crippen molar-refractivity contribution in [3.8, 4) is 0 Å². The third-order valence-corrected chi connectivity index (χ3v) is 4.06. The largest absolute Gasteiger partial charge is 0.349 e. The second-order valence-electron chi connectivity index (χ2n) is 5.75. The molecule has 0 atom stereocenters. The van der Waals surface area contributed by atoms with Crippen LogP contribution in [0.15, 0.2) is 29.1 Å². The Hall–Kier alpha value is -2.96. The maximum Gasteiger partial charge on any atom is 0.256 e. The van der Waals surface area contributed by atoms with Crippen molar-refractivity contribution in [2.24, 2.45) is 7.05 Å². The molecular formula is C17H19N5O2. The average Bonchev–Trinajstić information content (AvgIpc) is 2.99. The molecule has 7 heteroatoms. The number of rotatable bonds is 4. The van der Waals surface area contributed by atoms with Gasteiger partial charge in [0, 0.05) is 12.6 Å². The summed E-state index contributed by atoms with van der Waals surface area (Å²) in [5.41, 5.74) is 2.69. The lowest BCUT2D eigenvalue weighted by atomic mass is 10.2. The SMILES string of the molecule is Cc1c(CC(=O)NCc2nc3ccccc3[nH]2)nc(C)n(C)c1=O. The van der Waals surface area contributed by atoms with Gasteiger partial charge in [0.1, 0.15) is 11.6 Å². The summed E-state index contributed by atoms with van der Waals surface area (Å²) >= 11 is 0. The molecule has 1 aromatic carbocycles. The van der Waals surface area contributed by atoms with E-state index in [4.69, 9.17) is 0 Å². The van der Waals surface area contributed by atoms with Gasteiger partial charge in [0.15, 0.2) is 0 Å². The Morgan fingerprint density at radius 3 is 2.75 bits per heavy atom. The third kappa shape index (κ3) is 3.05. The average molecular weight is 325 g/mol. The fourth-order valence-electron chi connectivity index (χ4n) is 2.53. The zero-order valence-corrected chi connectivity index (χ0v) is 13.9. The first-order valence-corrected chi connectivity index (χ1v) is 7.69. The molecule has 3 rings (SSSR count). The molecule has 2 N–H and O–H groups in total. The second-order valence-corrected chi connectivity index (χ2v) is 5.75. The highest BCUT2D eigenvalue weighted by Gasteiger charge is 2.13. The lowest BCUT2D eigenvalue weighted by molar-refractivity contribution is -0.120. The lowest BCUT2D eigenvalue weighted by Crippen LogP contribution is -2.29. The number of carbonyl (C=O) groups excluding carboxylic acids is 1. The van der Waals surface area contributed by atoms with E-state index < -0.39 is 0 Å². The molecule has 7 nitrogen and oxygen atoms in total. The van der Waals surface area contributed by atoms with Crippen LogP contribution in [0, 0.1) is 13.8 Å². The van der Waals surface area contributed by atoms with Gasteiger partial charge in [-0.15, -0.1) is 0 Å². The van der Waals surface area contributed by atoms with E-state index in [2.05, 4.69) is 20.3 Å². The number of aromatic amines is 1. The Morgan fingerprint density at radius 1 is 1.25 bits per heavy atom. The first kappa shape index (κ1) is 15.9.